The van der Waals surface area contributed by atoms with Crippen LogP contribution in [0.4, 0.5) is 0 Å². The van der Waals surface area contributed by atoms with Crippen molar-refractivity contribution >= 4 is 0 Å². The molecule has 2 heterocycles. The number of hydrogen-bond donors (Lipinski definition) is 3. The Morgan fingerprint density at radius 1 is 1.04 bits per heavy atom. The molecule has 1 atom stereocenters. The molecule has 0 radical (unpaired) electrons. The van der Waals surface area contributed by atoms with E-state index in [0.29, 0.717) is 26.3 Å². The van der Waals surface area contributed by atoms with Crippen LogP contribution < -0.4 is 10.6 Å². The van der Waals surface area contributed by atoms with Gasteiger partial charge in [-0.1, -0.05) is 30.3 Å². The first-order chi connectivity index (χ1) is 11.2. The topological polar surface area (TPSA) is 62.8 Å². The maximum Gasteiger partial charge on any atom is 0.113 e. The second-order valence-electron chi connectivity index (χ2n) is 6.82. The first kappa shape index (κ1) is 16.9. The molecular weight excluding hydrogens is 292 g/mol. The summed E-state index contributed by atoms with van der Waals surface area (Å²) >= 11 is 0. The highest BCUT2D eigenvalue weighted by molar-refractivity contribution is 5.26. The molecule has 1 unspecified atom stereocenters. The van der Waals surface area contributed by atoms with Crippen molar-refractivity contribution in [3.05, 3.63) is 35.9 Å². The van der Waals surface area contributed by atoms with Crippen LogP contribution in [0.15, 0.2) is 30.3 Å². The third-order valence-electron chi connectivity index (χ3n) is 5.00. The third-order valence-corrected chi connectivity index (χ3v) is 5.00. The molecule has 3 N–H and O–H groups in total. The summed E-state index contributed by atoms with van der Waals surface area (Å²) in [4.78, 5) is 0. The van der Waals surface area contributed by atoms with Crippen molar-refractivity contribution in [1.29, 1.82) is 0 Å². The first-order valence-corrected chi connectivity index (χ1v) is 8.57. The maximum atomic E-state index is 10.7. The summed E-state index contributed by atoms with van der Waals surface area (Å²) in [6.45, 7) is 5.40. The van der Waals surface area contributed by atoms with Crippen LogP contribution >= 0.6 is 0 Å². The van der Waals surface area contributed by atoms with Crippen LogP contribution in [-0.4, -0.2) is 63.3 Å². The molecule has 0 aromatic heterocycles. The van der Waals surface area contributed by atoms with Gasteiger partial charge in [0.1, 0.15) is 5.60 Å². The third kappa shape index (κ3) is 4.31. The summed E-state index contributed by atoms with van der Waals surface area (Å²) in [5, 5.41) is 17.4. The standard InChI is InChI=1S/C18H28N2O3/c21-18(13-19-8-11-23-15-18)14-20-12-17(6-9-22-10-7-17)16-4-2-1-3-5-16/h1-5,19-21H,6-15H2. The van der Waals surface area contributed by atoms with Gasteiger partial charge in [-0.2, -0.15) is 0 Å². The Labute approximate surface area is 138 Å². The van der Waals surface area contributed by atoms with Crippen molar-refractivity contribution in [3.8, 4) is 0 Å². The molecule has 23 heavy (non-hydrogen) atoms. The normalized spacial score (nSPS) is 28.2. The number of β-amino-alcohol motifs (C(OH)–C–C–N with tert-alkyl or cyclic N) is 1. The van der Waals surface area contributed by atoms with Gasteiger partial charge in [0.2, 0.25) is 0 Å². The van der Waals surface area contributed by atoms with Crippen molar-refractivity contribution in [3.63, 3.8) is 0 Å². The average Bonchev–Trinajstić information content (AvgIpc) is 2.81. The lowest BCUT2D eigenvalue weighted by Gasteiger charge is -2.39. The summed E-state index contributed by atoms with van der Waals surface area (Å²) in [6, 6.07) is 10.7. The lowest BCUT2D eigenvalue weighted by atomic mass is 9.74. The molecule has 3 rings (SSSR count). The molecule has 2 aliphatic heterocycles. The van der Waals surface area contributed by atoms with E-state index in [-0.39, 0.29) is 5.41 Å². The Kier molecular flexibility index (Phi) is 5.67. The molecular formula is C18H28N2O3. The minimum Gasteiger partial charge on any atom is -0.385 e. The number of nitrogens with one attached hydrogen (secondary N) is 2. The van der Waals surface area contributed by atoms with Crippen molar-refractivity contribution < 1.29 is 14.6 Å². The minimum atomic E-state index is -0.834. The minimum absolute atomic E-state index is 0.0921. The molecule has 128 valence electrons. The summed E-state index contributed by atoms with van der Waals surface area (Å²) < 4.78 is 11.1. The molecule has 2 saturated heterocycles. The van der Waals surface area contributed by atoms with Gasteiger partial charge in [0.25, 0.3) is 0 Å². The highest BCUT2D eigenvalue weighted by Crippen LogP contribution is 2.34. The second-order valence-corrected chi connectivity index (χ2v) is 6.82. The van der Waals surface area contributed by atoms with E-state index in [4.69, 9.17) is 9.47 Å². The predicted octanol–water partition coefficient (Wildman–Crippen LogP) is 0.675. The maximum absolute atomic E-state index is 10.7. The van der Waals surface area contributed by atoms with Gasteiger partial charge in [-0.3, -0.25) is 0 Å². The summed E-state index contributed by atoms with van der Waals surface area (Å²) in [6.07, 6.45) is 2.02. The van der Waals surface area contributed by atoms with E-state index in [9.17, 15) is 5.11 Å². The SMILES string of the molecule is OC1(CNCC2(c3ccccc3)CCOCC2)CNCCOC1. The van der Waals surface area contributed by atoms with Crippen molar-refractivity contribution in [1.82, 2.24) is 10.6 Å². The molecule has 0 saturated carbocycles. The van der Waals surface area contributed by atoms with E-state index in [1.54, 1.807) is 0 Å². The van der Waals surface area contributed by atoms with Gasteiger partial charge >= 0.3 is 0 Å². The van der Waals surface area contributed by atoms with Crippen LogP contribution in [0, 0.1) is 0 Å². The molecule has 0 spiro atoms. The van der Waals surface area contributed by atoms with Gasteiger partial charge in [0, 0.05) is 44.8 Å². The molecule has 2 aliphatic rings. The van der Waals surface area contributed by atoms with Gasteiger partial charge < -0.3 is 25.2 Å². The highest BCUT2D eigenvalue weighted by Gasteiger charge is 2.35. The fourth-order valence-electron chi connectivity index (χ4n) is 3.55. The van der Waals surface area contributed by atoms with Gasteiger partial charge in [-0.05, 0) is 18.4 Å². The van der Waals surface area contributed by atoms with Crippen LogP contribution in [0.1, 0.15) is 18.4 Å². The smallest absolute Gasteiger partial charge is 0.113 e. The highest BCUT2D eigenvalue weighted by atomic mass is 16.5. The Balaban J connectivity index is 1.63. The van der Waals surface area contributed by atoms with E-state index in [1.807, 2.05) is 0 Å². The number of hydrogen-bond acceptors (Lipinski definition) is 5. The fraction of sp³-hybridized carbons (Fsp3) is 0.667. The Morgan fingerprint density at radius 3 is 2.61 bits per heavy atom. The van der Waals surface area contributed by atoms with Crippen LogP contribution in [0.2, 0.25) is 0 Å². The fourth-order valence-corrected chi connectivity index (χ4v) is 3.55. The van der Waals surface area contributed by atoms with E-state index in [2.05, 4.69) is 41.0 Å². The van der Waals surface area contributed by atoms with Gasteiger partial charge in [-0.15, -0.1) is 0 Å². The van der Waals surface area contributed by atoms with Crippen LogP contribution in [0.5, 0.6) is 0 Å². The Hall–Kier alpha value is -0.980. The van der Waals surface area contributed by atoms with E-state index < -0.39 is 5.60 Å². The quantitative estimate of drug-likeness (QED) is 0.744. The first-order valence-electron chi connectivity index (χ1n) is 8.57. The molecule has 2 fully saturated rings. The van der Waals surface area contributed by atoms with E-state index in [0.717, 1.165) is 39.1 Å². The summed E-state index contributed by atoms with van der Waals surface area (Å²) in [5.41, 5.74) is 0.618. The lowest BCUT2D eigenvalue weighted by Crippen LogP contribution is -2.53. The molecule has 5 nitrogen and oxygen atoms in total. The molecule has 0 aliphatic carbocycles. The molecule has 0 bridgehead atoms. The number of aliphatic hydroxyl groups is 1. The predicted molar refractivity (Wildman–Crippen MR) is 89.7 cm³/mol. The van der Waals surface area contributed by atoms with E-state index in [1.165, 1.54) is 5.56 Å². The zero-order valence-electron chi connectivity index (χ0n) is 13.7. The van der Waals surface area contributed by atoms with Gasteiger partial charge in [-0.25, -0.2) is 0 Å². The largest absolute Gasteiger partial charge is 0.385 e. The molecule has 1 aromatic carbocycles. The van der Waals surface area contributed by atoms with Crippen molar-refractivity contribution in [2.75, 3.05) is 52.6 Å². The monoisotopic (exact) mass is 320 g/mol. The molecule has 5 heteroatoms. The van der Waals surface area contributed by atoms with Crippen LogP contribution in [-0.2, 0) is 14.9 Å². The number of rotatable bonds is 5. The van der Waals surface area contributed by atoms with Crippen LogP contribution in [0.25, 0.3) is 0 Å². The Morgan fingerprint density at radius 2 is 1.83 bits per heavy atom. The van der Waals surface area contributed by atoms with Crippen LogP contribution in [0.3, 0.4) is 0 Å². The van der Waals surface area contributed by atoms with Crippen molar-refractivity contribution in [2.45, 2.75) is 23.9 Å². The summed E-state index contributed by atoms with van der Waals surface area (Å²) in [5.74, 6) is 0. The Bertz CT molecular complexity index is 466. The van der Waals surface area contributed by atoms with E-state index >= 15 is 0 Å². The number of benzene rings is 1. The lowest BCUT2D eigenvalue weighted by molar-refractivity contribution is -0.0282. The zero-order valence-corrected chi connectivity index (χ0v) is 13.7. The average molecular weight is 320 g/mol. The van der Waals surface area contributed by atoms with Crippen molar-refractivity contribution in [2.24, 2.45) is 0 Å². The second kappa shape index (κ2) is 7.73. The zero-order chi connectivity index (χ0) is 16.0. The van der Waals surface area contributed by atoms with Gasteiger partial charge in [0.05, 0.1) is 13.2 Å². The summed E-state index contributed by atoms with van der Waals surface area (Å²) in [7, 11) is 0. The molecule has 0 amide bonds. The van der Waals surface area contributed by atoms with Gasteiger partial charge in [0.15, 0.2) is 0 Å². The molecule has 1 aromatic rings. The number of ether oxygens (including phenoxy) is 2.